The molecule has 3 rings (SSSR count). The SMILES string of the molecule is N[C@@H]1CCCC[C@H]1N[C@H]1CCCN(c2ccc(C(F)(F)F)cc2)C1.O=C(O)C(F)(F)F.O=C(O)C(F)(F)F. The van der Waals surface area contributed by atoms with Crippen molar-refractivity contribution in [2.45, 2.75) is 75.2 Å². The minimum absolute atomic E-state index is 0.222. The molecule has 1 aliphatic carbocycles. The molecule has 3 atom stereocenters. The zero-order valence-corrected chi connectivity index (χ0v) is 19.8. The zero-order valence-electron chi connectivity index (χ0n) is 19.8. The van der Waals surface area contributed by atoms with E-state index in [4.69, 9.17) is 25.5 Å². The maximum absolute atomic E-state index is 12.7. The molecule has 1 saturated carbocycles. The van der Waals surface area contributed by atoms with Gasteiger partial charge in [0.05, 0.1) is 5.56 Å². The van der Waals surface area contributed by atoms with Crippen LogP contribution in [-0.4, -0.2) is 65.7 Å². The Kier molecular flexibility index (Phi) is 12.1. The summed E-state index contributed by atoms with van der Waals surface area (Å²) in [4.78, 5) is 20.0. The zero-order chi connectivity index (χ0) is 29.3. The first-order chi connectivity index (χ1) is 17.3. The first-order valence-electron chi connectivity index (χ1n) is 11.4. The molecule has 218 valence electrons. The van der Waals surface area contributed by atoms with E-state index in [2.05, 4.69) is 10.2 Å². The minimum Gasteiger partial charge on any atom is -0.475 e. The van der Waals surface area contributed by atoms with Crippen LogP contribution in [-0.2, 0) is 15.8 Å². The lowest BCUT2D eigenvalue weighted by molar-refractivity contribution is -0.193. The predicted molar refractivity (Wildman–Crippen MR) is 117 cm³/mol. The number of rotatable bonds is 3. The van der Waals surface area contributed by atoms with Crippen LogP contribution in [0.4, 0.5) is 45.2 Å². The number of hydrogen-bond donors (Lipinski definition) is 4. The number of hydrogen-bond acceptors (Lipinski definition) is 5. The number of nitrogens with one attached hydrogen (secondary N) is 1. The highest BCUT2D eigenvalue weighted by Gasteiger charge is 2.39. The molecule has 1 saturated heterocycles. The first-order valence-corrected chi connectivity index (χ1v) is 11.4. The molecule has 7 nitrogen and oxygen atoms in total. The number of nitrogens with zero attached hydrogens (tertiary/aromatic N) is 1. The number of piperidine rings is 1. The summed E-state index contributed by atoms with van der Waals surface area (Å²) in [6, 6.07) is 6.45. The molecule has 0 amide bonds. The average molecular weight is 569 g/mol. The summed E-state index contributed by atoms with van der Waals surface area (Å²) in [5.74, 6) is -5.51. The topological polar surface area (TPSA) is 116 Å². The Bertz CT molecular complexity index is 866. The van der Waals surface area contributed by atoms with Crippen LogP contribution in [0.2, 0.25) is 0 Å². The van der Waals surface area contributed by atoms with Gasteiger partial charge in [-0.05, 0) is 49.9 Å². The van der Waals surface area contributed by atoms with E-state index in [0.29, 0.717) is 12.1 Å². The lowest BCUT2D eigenvalue weighted by Gasteiger charge is -2.39. The number of carboxylic acids is 2. The number of carboxylic acid groups (broad SMARTS) is 2. The highest BCUT2D eigenvalue weighted by molar-refractivity contribution is 5.73. The van der Waals surface area contributed by atoms with E-state index in [1.54, 1.807) is 12.1 Å². The molecule has 0 spiro atoms. The fourth-order valence-corrected chi connectivity index (χ4v) is 3.88. The number of aliphatic carboxylic acids is 2. The van der Waals surface area contributed by atoms with Gasteiger partial charge in [-0.3, -0.25) is 0 Å². The molecule has 38 heavy (non-hydrogen) atoms. The summed E-state index contributed by atoms with van der Waals surface area (Å²) in [6.45, 7) is 1.72. The van der Waals surface area contributed by atoms with E-state index >= 15 is 0 Å². The fourth-order valence-electron chi connectivity index (χ4n) is 3.88. The highest BCUT2D eigenvalue weighted by atomic mass is 19.4. The molecule has 0 radical (unpaired) electrons. The maximum Gasteiger partial charge on any atom is 0.490 e. The van der Waals surface area contributed by atoms with Crippen LogP contribution in [0.25, 0.3) is 0 Å². The number of benzene rings is 1. The smallest absolute Gasteiger partial charge is 0.475 e. The van der Waals surface area contributed by atoms with Crippen molar-refractivity contribution in [3.63, 3.8) is 0 Å². The molecule has 0 unspecified atom stereocenters. The van der Waals surface area contributed by atoms with Gasteiger partial charge in [0.2, 0.25) is 0 Å². The summed E-state index contributed by atoms with van der Waals surface area (Å²) in [6.07, 6.45) is -7.67. The molecule has 1 aliphatic heterocycles. The predicted octanol–water partition coefficient (Wildman–Crippen LogP) is 4.80. The number of anilines is 1. The van der Waals surface area contributed by atoms with Crippen LogP contribution in [0.5, 0.6) is 0 Å². The van der Waals surface area contributed by atoms with Crippen LogP contribution < -0.4 is 16.0 Å². The molecule has 5 N–H and O–H groups in total. The summed E-state index contributed by atoms with van der Waals surface area (Å²) in [7, 11) is 0. The van der Waals surface area contributed by atoms with E-state index in [0.717, 1.165) is 44.5 Å². The third-order valence-electron chi connectivity index (χ3n) is 5.74. The quantitative estimate of drug-likeness (QED) is 0.387. The second-order valence-corrected chi connectivity index (χ2v) is 8.66. The summed E-state index contributed by atoms with van der Waals surface area (Å²) < 4.78 is 102. The van der Waals surface area contributed by atoms with E-state index in [1.165, 1.54) is 25.0 Å². The van der Waals surface area contributed by atoms with E-state index in [1.807, 2.05) is 0 Å². The van der Waals surface area contributed by atoms with Crippen molar-refractivity contribution in [1.82, 2.24) is 5.32 Å². The van der Waals surface area contributed by atoms with Gasteiger partial charge in [-0.2, -0.15) is 39.5 Å². The van der Waals surface area contributed by atoms with Gasteiger partial charge >= 0.3 is 30.5 Å². The van der Waals surface area contributed by atoms with E-state index in [9.17, 15) is 39.5 Å². The molecule has 0 bridgehead atoms. The molecule has 1 aromatic rings. The van der Waals surface area contributed by atoms with Gasteiger partial charge < -0.3 is 26.2 Å². The largest absolute Gasteiger partial charge is 0.490 e. The van der Waals surface area contributed by atoms with E-state index < -0.39 is 36.0 Å². The van der Waals surface area contributed by atoms with Gasteiger partial charge in [0.25, 0.3) is 0 Å². The minimum atomic E-state index is -5.08. The second-order valence-electron chi connectivity index (χ2n) is 8.66. The fraction of sp³-hybridized carbons (Fsp3) is 0.636. The lowest BCUT2D eigenvalue weighted by atomic mass is 9.89. The molecular formula is C22H28F9N3O4. The van der Waals surface area contributed by atoms with Gasteiger partial charge in [0, 0.05) is 36.9 Å². The molecule has 1 heterocycles. The van der Waals surface area contributed by atoms with Crippen molar-refractivity contribution in [2.75, 3.05) is 18.0 Å². The van der Waals surface area contributed by atoms with Crippen LogP contribution in [0, 0.1) is 0 Å². The Morgan fingerprint density at radius 2 is 1.29 bits per heavy atom. The second kappa shape index (κ2) is 13.9. The van der Waals surface area contributed by atoms with Crippen molar-refractivity contribution >= 4 is 17.6 Å². The molecule has 0 aromatic heterocycles. The lowest BCUT2D eigenvalue weighted by Crippen LogP contribution is -2.55. The van der Waals surface area contributed by atoms with Gasteiger partial charge in [0.15, 0.2) is 0 Å². The monoisotopic (exact) mass is 569 g/mol. The van der Waals surface area contributed by atoms with Crippen molar-refractivity contribution in [2.24, 2.45) is 5.73 Å². The van der Waals surface area contributed by atoms with Crippen LogP contribution >= 0.6 is 0 Å². The Morgan fingerprint density at radius 1 is 0.816 bits per heavy atom. The number of carbonyl (C=O) groups is 2. The summed E-state index contributed by atoms with van der Waals surface area (Å²) >= 11 is 0. The Balaban J connectivity index is 0.000000426. The molecule has 2 fully saturated rings. The number of halogens is 9. The van der Waals surface area contributed by atoms with Gasteiger partial charge in [-0.25, -0.2) is 9.59 Å². The van der Waals surface area contributed by atoms with E-state index in [-0.39, 0.29) is 6.04 Å². The Labute approximate surface area is 211 Å². The van der Waals surface area contributed by atoms with Gasteiger partial charge in [0.1, 0.15) is 0 Å². The number of nitrogens with two attached hydrogens (primary N) is 1. The van der Waals surface area contributed by atoms with Crippen molar-refractivity contribution in [1.29, 1.82) is 0 Å². The standard InChI is InChI=1S/C18H26F3N3.2C2HF3O2/c19-18(20,21)13-7-9-15(10-8-13)24-11-3-4-14(12-24)23-17-6-2-1-5-16(17)22;2*3-2(4,5)1(6)7/h7-10,14,16-17,23H,1-6,11-12,22H2;2*(H,6,7)/t14-,16+,17+;;/m0../s1. The van der Waals surface area contributed by atoms with Crippen LogP contribution in [0.1, 0.15) is 44.1 Å². The summed E-state index contributed by atoms with van der Waals surface area (Å²) in [5, 5.41) is 17.9. The van der Waals surface area contributed by atoms with Crippen molar-refractivity contribution in [3.05, 3.63) is 29.8 Å². The third kappa shape index (κ3) is 11.8. The van der Waals surface area contributed by atoms with Gasteiger partial charge in [-0.15, -0.1) is 0 Å². The number of alkyl halides is 9. The highest BCUT2D eigenvalue weighted by Crippen LogP contribution is 2.31. The van der Waals surface area contributed by atoms with Crippen molar-refractivity contribution < 1.29 is 59.3 Å². The molecular weight excluding hydrogens is 541 g/mol. The Morgan fingerprint density at radius 3 is 1.71 bits per heavy atom. The third-order valence-corrected chi connectivity index (χ3v) is 5.74. The summed E-state index contributed by atoms with van der Waals surface area (Å²) in [5.41, 5.74) is 6.49. The van der Waals surface area contributed by atoms with Gasteiger partial charge in [-0.1, -0.05) is 12.8 Å². The molecule has 2 aliphatic rings. The molecule has 16 heteroatoms. The first kappa shape index (κ1) is 33.3. The van der Waals surface area contributed by atoms with Crippen molar-refractivity contribution in [3.8, 4) is 0 Å². The van der Waals surface area contributed by atoms with Crippen LogP contribution in [0.3, 0.4) is 0 Å². The average Bonchev–Trinajstić information content (AvgIpc) is 2.80. The Hall–Kier alpha value is -2.75. The maximum atomic E-state index is 12.7. The normalized spacial score (nSPS) is 22.4. The molecule has 1 aromatic carbocycles. The van der Waals surface area contributed by atoms with Crippen LogP contribution in [0.15, 0.2) is 24.3 Å².